The molecule has 0 fully saturated rings. The Morgan fingerprint density at radius 2 is 2.06 bits per heavy atom. The second-order valence-electron chi connectivity index (χ2n) is 3.90. The van der Waals surface area contributed by atoms with Crippen LogP contribution in [-0.4, -0.2) is 23.0 Å². The highest BCUT2D eigenvalue weighted by atomic mass is 16.5. The van der Waals surface area contributed by atoms with Crippen LogP contribution in [0.5, 0.6) is 0 Å². The van der Waals surface area contributed by atoms with E-state index in [-0.39, 0.29) is 11.6 Å². The number of nitrogen functional groups attached to an aromatic ring is 1. The van der Waals surface area contributed by atoms with Crippen molar-refractivity contribution in [1.82, 2.24) is 4.98 Å². The summed E-state index contributed by atoms with van der Waals surface area (Å²) in [5, 5.41) is 0. The number of hydrogen-bond acceptors (Lipinski definition) is 4. The van der Waals surface area contributed by atoms with Gasteiger partial charge in [0.25, 0.3) is 0 Å². The summed E-state index contributed by atoms with van der Waals surface area (Å²) in [7, 11) is 0. The molecule has 0 atom stereocenters. The lowest BCUT2D eigenvalue weighted by molar-refractivity contribution is -0.0250. The molecule has 17 heavy (non-hydrogen) atoms. The van der Waals surface area contributed by atoms with Gasteiger partial charge in [-0.15, -0.1) is 0 Å². The molecular weight excluding hydrogens is 216 g/mol. The standard InChI is InChI=1S/C13H20N2O2/c1-4-13(5-2,17-6-3)11(16)10-8-7-9-15-12(10)14/h7-9H,4-6H2,1-3H3,(H2,14,15). The number of anilines is 1. The van der Waals surface area contributed by atoms with E-state index >= 15 is 0 Å². The first-order chi connectivity index (χ1) is 8.11. The third kappa shape index (κ3) is 2.64. The molecule has 0 bridgehead atoms. The number of pyridine rings is 1. The molecule has 1 rings (SSSR count). The zero-order valence-corrected chi connectivity index (χ0v) is 10.7. The highest BCUT2D eigenvalue weighted by Crippen LogP contribution is 2.27. The first-order valence-corrected chi connectivity index (χ1v) is 6.00. The number of nitrogens with zero attached hydrogens (tertiary/aromatic N) is 1. The average molecular weight is 236 g/mol. The van der Waals surface area contributed by atoms with Crippen molar-refractivity contribution in [2.75, 3.05) is 12.3 Å². The monoisotopic (exact) mass is 236 g/mol. The van der Waals surface area contributed by atoms with Gasteiger partial charge < -0.3 is 10.5 Å². The first-order valence-electron chi connectivity index (χ1n) is 6.00. The number of carbonyl (C=O) groups is 1. The lowest BCUT2D eigenvalue weighted by Gasteiger charge is -2.30. The van der Waals surface area contributed by atoms with Gasteiger partial charge in [-0.1, -0.05) is 13.8 Å². The van der Waals surface area contributed by atoms with Crippen molar-refractivity contribution in [2.45, 2.75) is 39.2 Å². The van der Waals surface area contributed by atoms with Crippen molar-refractivity contribution in [3.8, 4) is 0 Å². The molecule has 0 amide bonds. The molecule has 94 valence electrons. The van der Waals surface area contributed by atoms with Crippen LogP contribution in [0, 0.1) is 0 Å². The number of Topliss-reactive ketones (excluding diaryl/α,β-unsaturated/α-hetero) is 1. The van der Waals surface area contributed by atoms with Crippen LogP contribution in [0.25, 0.3) is 0 Å². The Hall–Kier alpha value is -1.42. The van der Waals surface area contributed by atoms with Crippen LogP contribution in [0.3, 0.4) is 0 Å². The molecule has 1 aromatic heterocycles. The lowest BCUT2D eigenvalue weighted by Crippen LogP contribution is -2.41. The number of rotatable bonds is 6. The van der Waals surface area contributed by atoms with Crippen LogP contribution in [0.4, 0.5) is 5.82 Å². The predicted molar refractivity (Wildman–Crippen MR) is 67.9 cm³/mol. The summed E-state index contributed by atoms with van der Waals surface area (Å²) in [6, 6.07) is 3.41. The Balaban J connectivity index is 3.12. The Kier molecular flexibility index (Phi) is 4.63. The molecule has 0 aliphatic carbocycles. The maximum Gasteiger partial charge on any atom is 0.198 e. The third-order valence-electron chi connectivity index (χ3n) is 3.06. The summed E-state index contributed by atoms with van der Waals surface area (Å²) in [4.78, 5) is 16.4. The Bertz CT molecular complexity index is 387. The fraction of sp³-hybridized carbons (Fsp3) is 0.538. The number of nitrogens with two attached hydrogens (primary N) is 1. The normalized spacial score (nSPS) is 11.5. The highest BCUT2D eigenvalue weighted by molar-refractivity contribution is 6.05. The maximum atomic E-state index is 12.5. The smallest absolute Gasteiger partial charge is 0.198 e. The summed E-state index contributed by atoms with van der Waals surface area (Å²) in [5.74, 6) is 0.193. The van der Waals surface area contributed by atoms with Crippen LogP contribution in [0.1, 0.15) is 44.0 Å². The van der Waals surface area contributed by atoms with E-state index in [4.69, 9.17) is 10.5 Å². The van der Waals surface area contributed by atoms with Crippen molar-refractivity contribution in [3.05, 3.63) is 23.9 Å². The minimum absolute atomic E-state index is 0.0741. The molecular formula is C13H20N2O2. The Labute approximate surface area is 102 Å². The molecule has 0 saturated carbocycles. The fourth-order valence-corrected chi connectivity index (χ4v) is 1.97. The molecule has 0 saturated heterocycles. The molecule has 0 aliphatic heterocycles. The van der Waals surface area contributed by atoms with E-state index in [9.17, 15) is 4.79 Å². The van der Waals surface area contributed by atoms with Gasteiger partial charge in [-0.3, -0.25) is 4.79 Å². The van der Waals surface area contributed by atoms with Gasteiger partial charge >= 0.3 is 0 Å². The molecule has 4 heteroatoms. The molecule has 4 nitrogen and oxygen atoms in total. The van der Waals surface area contributed by atoms with Gasteiger partial charge in [0.15, 0.2) is 5.78 Å². The van der Waals surface area contributed by atoms with Crippen LogP contribution in [-0.2, 0) is 4.74 Å². The number of ether oxygens (including phenoxy) is 1. The lowest BCUT2D eigenvalue weighted by atomic mass is 9.88. The van der Waals surface area contributed by atoms with Gasteiger partial charge in [-0.05, 0) is 31.9 Å². The van der Waals surface area contributed by atoms with Gasteiger partial charge in [0.2, 0.25) is 0 Å². The van der Waals surface area contributed by atoms with E-state index in [2.05, 4.69) is 4.98 Å². The minimum atomic E-state index is -0.772. The summed E-state index contributed by atoms with van der Waals surface area (Å²) >= 11 is 0. The molecule has 0 unspecified atom stereocenters. The van der Waals surface area contributed by atoms with Crippen molar-refractivity contribution >= 4 is 11.6 Å². The van der Waals surface area contributed by atoms with Gasteiger partial charge in [0.1, 0.15) is 11.4 Å². The molecule has 0 radical (unpaired) electrons. The second-order valence-corrected chi connectivity index (χ2v) is 3.90. The largest absolute Gasteiger partial charge is 0.383 e. The Morgan fingerprint density at radius 3 is 2.53 bits per heavy atom. The summed E-state index contributed by atoms with van der Waals surface area (Å²) in [5.41, 5.74) is 5.41. The van der Waals surface area contributed by atoms with Gasteiger partial charge in [0.05, 0.1) is 5.56 Å². The summed E-state index contributed by atoms with van der Waals surface area (Å²) in [6.45, 7) is 6.29. The molecule has 1 heterocycles. The first kappa shape index (κ1) is 13.6. The topological polar surface area (TPSA) is 65.2 Å². The fourth-order valence-electron chi connectivity index (χ4n) is 1.97. The van der Waals surface area contributed by atoms with Crippen LogP contribution in [0.2, 0.25) is 0 Å². The predicted octanol–water partition coefficient (Wildman–Crippen LogP) is 2.44. The second kappa shape index (κ2) is 5.77. The van der Waals surface area contributed by atoms with Crippen molar-refractivity contribution in [2.24, 2.45) is 0 Å². The SMILES string of the molecule is CCOC(CC)(CC)C(=O)c1cccnc1N. The van der Waals surface area contributed by atoms with E-state index in [0.717, 1.165) is 0 Å². The molecule has 1 aromatic rings. The van der Waals surface area contributed by atoms with E-state index in [1.165, 1.54) is 0 Å². The van der Waals surface area contributed by atoms with E-state index in [1.54, 1.807) is 18.3 Å². The molecule has 0 aliphatic rings. The number of hydrogen-bond donors (Lipinski definition) is 1. The minimum Gasteiger partial charge on any atom is -0.383 e. The average Bonchev–Trinajstić information content (AvgIpc) is 2.36. The zero-order chi connectivity index (χ0) is 12.9. The third-order valence-corrected chi connectivity index (χ3v) is 3.06. The maximum absolute atomic E-state index is 12.5. The Morgan fingerprint density at radius 1 is 1.41 bits per heavy atom. The van der Waals surface area contributed by atoms with Crippen molar-refractivity contribution in [1.29, 1.82) is 0 Å². The van der Waals surface area contributed by atoms with Crippen LogP contribution < -0.4 is 5.73 Å². The van der Waals surface area contributed by atoms with Crippen molar-refractivity contribution in [3.63, 3.8) is 0 Å². The summed E-state index contributed by atoms with van der Waals surface area (Å²) in [6.07, 6.45) is 2.83. The quantitative estimate of drug-likeness (QED) is 0.770. The van der Waals surface area contributed by atoms with E-state index < -0.39 is 5.60 Å². The summed E-state index contributed by atoms with van der Waals surface area (Å²) < 4.78 is 5.67. The van der Waals surface area contributed by atoms with E-state index in [1.807, 2.05) is 20.8 Å². The van der Waals surface area contributed by atoms with Crippen molar-refractivity contribution < 1.29 is 9.53 Å². The van der Waals surface area contributed by atoms with E-state index in [0.29, 0.717) is 25.0 Å². The van der Waals surface area contributed by atoms with Crippen LogP contribution in [0.15, 0.2) is 18.3 Å². The number of carbonyl (C=O) groups excluding carboxylic acids is 1. The van der Waals surface area contributed by atoms with Gasteiger partial charge in [-0.25, -0.2) is 4.98 Å². The van der Waals surface area contributed by atoms with Crippen LogP contribution >= 0.6 is 0 Å². The number of aromatic nitrogens is 1. The van der Waals surface area contributed by atoms with Gasteiger partial charge in [0, 0.05) is 12.8 Å². The highest BCUT2D eigenvalue weighted by Gasteiger charge is 2.37. The zero-order valence-electron chi connectivity index (χ0n) is 10.7. The molecule has 0 aromatic carbocycles. The molecule has 0 spiro atoms. The van der Waals surface area contributed by atoms with Gasteiger partial charge in [-0.2, -0.15) is 0 Å². The number of ketones is 1. The molecule has 2 N–H and O–H groups in total.